The first-order valence-electron chi connectivity index (χ1n) is 12.5. The second-order valence-electron chi connectivity index (χ2n) is 9.69. The summed E-state index contributed by atoms with van der Waals surface area (Å²) in [5, 5.41) is 8.10. The number of rotatable bonds is 3. The number of nitrogens with zero attached hydrogens (tertiary/aromatic N) is 4. The summed E-state index contributed by atoms with van der Waals surface area (Å²) in [6.07, 6.45) is 2.07. The van der Waals surface area contributed by atoms with Crippen molar-refractivity contribution in [3.05, 3.63) is 131 Å². The molecule has 1 aliphatic rings. The minimum absolute atomic E-state index is 0.147. The highest BCUT2D eigenvalue weighted by Gasteiger charge is 2.36. The number of urea groups is 1. The minimum atomic E-state index is -0.280. The Morgan fingerprint density at radius 1 is 0.865 bits per heavy atom. The molecule has 0 saturated heterocycles. The van der Waals surface area contributed by atoms with Crippen LogP contribution in [0.2, 0.25) is 0 Å². The fourth-order valence-corrected chi connectivity index (χ4v) is 5.38. The highest BCUT2D eigenvalue weighted by Crippen LogP contribution is 2.38. The van der Waals surface area contributed by atoms with Crippen LogP contribution in [-0.2, 0) is 6.54 Å². The van der Waals surface area contributed by atoms with Gasteiger partial charge in [-0.2, -0.15) is 5.10 Å². The maximum absolute atomic E-state index is 14.0. The first-order valence-corrected chi connectivity index (χ1v) is 12.5. The van der Waals surface area contributed by atoms with Crippen LogP contribution in [0.5, 0.6) is 0 Å². The molecule has 1 atom stereocenters. The fourth-order valence-electron chi connectivity index (χ4n) is 5.38. The molecule has 3 heterocycles. The van der Waals surface area contributed by atoms with E-state index >= 15 is 0 Å². The Morgan fingerprint density at radius 3 is 2.24 bits per heavy atom. The Labute approximate surface area is 216 Å². The van der Waals surface area contributed by atoms with Crippen molar-refractivity contribution >= 4 is 11.7 Å². The molecule has 184 valence electrons. The number of benzene rings is 3. The molecule has 6 rings (SSSR count). The van der Waals surface area contributed by atoms with Gasteiger partial charge in [-0.1, -0.05) is 54.6 Å². The molecule has 1 N–H and O–H groups in total. The summed E-state index contributed by atoms with van der Waals surface area (Å²) < 4.78 is 4.17. The molecule has 1 unspecified atom stereocenters. The van der Waals surface area contributed by atoms with Gasteiger partial charge in [0.2, 0.25) is 0 Å². The highest BCUT2D eigenvalue weighted by atomic mass is 16.2. The molecule has 0 fully saturated rings. The number of aryl methyl sites for hydroxylation is 3. The van der Waals surface area contributed by atoms with E-state index in [2.05, 4.69) is 52.5 Å². The molecule has 1 aliphatic heterocycles. The van der Waals surface area contributed by atoms with Crippen molar-refractivity contribution < 1.29 is 4.79 Å². The van der Waals surface area contributed by atoms with Crippen LogP contribution in [0.25, 0.3) is 11.5 Å². The monoisotopic (exact) mass is 487 g/mol. The van der Waals surface area contributed by atoms with Gasteiger partial charge < -0.3 is 14.8 Å². The van der Waals surface area contributed by atoms with E-state index in [4.69, 9.17) is 5.10 Å². The summed E-state index contributed by atoms with van der Waals surface area (Å²) in [4.78, 5) is 16.0. The van der Waals surface area contributed by atoms with Gasteiger partial charge in [0, 0.05) is 17.4 Å². The second-order valence-corrected chi connectivity index (χ2v) is 9.69. The Kier molecular flexibility index (Phi) is 5.64. The maximum Gasteiger partial charge on any atom is 0.322 e. The van der Waals surface area contributed by atoms with Gasteiger partial charge in [0.1, 0.15) is 5.82 Å². The van der Waals surface area contributed by atoms with Crippen molar-refractivity contribution in [3.8, 4) is 11.5 Å². The normalized spacial score (nSPS) is 14.6. The molecule has 0 radical (unpaired) electrons. The molecule has 6 nitrogen and oxygen atoms in total. The van der Waals surface area contributed by atoms with Crippen LogP contribution < -0.4 is 5.32 Å². The molecule has 5 aromatic rings. The molecule has 2 aromatic heterocycles. The molecule has 0 aliphatic carbocycles. The van der Waals surface area contributed by atoms with Crippen molar-refractivity contribution in [1.82, 2.24) is 19.2 Å². The first kappa shape index (κ1) is 22.9. The topological polar surface area (TPSA) is 55.1 Å². The van der Waals surface area contributed by atoms with E-state index < -0.39 is 0 Å². The molecule has 0 spiro atoms. The molecule has 3 aromatic carbocycles. The third kappa shape index (κ3) is 4.10. The smallest absolute Gasteiger partial charge is 0.308 e. The van der Waals surface area contributed by atoms with Gasteiger partial charge in [0.15, 0.2) is 0 Å². The zero-order valence-electron chi connectivity index (χ0n) is 21.2. The van der Waals surface area contributed by atoms with E-state index in [1.807, 2.05) is 85.0 Å². The number of hydrogen-bond donors (Lipinski definition) is 1. The SMILES string of the molecule is Cc1cc(C)cc(NC(=O)N2Cc3c(C)nn(-c4ccccc4)c3-n3cccc3C2c2ccccc2)c1. The lowest BCUT2D eigenvalue weighted by atomic mass is 10.0. The minimum Gasteiger partial charge on any atom is -0.308 e. The van der Waals surface area contributed by atoms with Crippen LogP contribution in [0.1, 0.15) is 39.7 Å². The third-order valence-corrected chi connectivity index (χ3v) is 6.94. The summed E-state index contributed by atoms with van der Waals surface area (Å²) in [5.41, 5.74) is 8.00. The maximum atomic E-state index is 14.0. The molecule has 0 bridgehead atoms. The number of anilines is 1. The van der Waals surface area contributed by atoms with Gasteiger partial charge >= 0.3 is 6.03 Å². The molecule has 2 amide bonds. The number of para-hydroxylation sites is 1. The lowest BCUT2D eigenvalue weighted by molar-refractivity contribution is 0.194. The van der Waals surface area contributed by atoms with Crippen LogP contribution >= 0.6 is 0 Å². The van der Waals surface area contributed by atoms with Crippen molar-refractivity contribution in [2.24, 2.45) is 0 Å². The fraction of sp³-hybridized carbons (Fsp3) is 0.161. The lowest BCUT2D eigenvalue weighted by Gasteiger charge is -2.31. The number of hydrogen-bond acceptors (Lipinski definition) is 2. The van der Waals surface area contributed by atoms with Crippen molar-refractivity contribution in [1.29, 1.82) is 0 Å². The number of carbonyl (C=O) groups excluding carboxylic acids is 1. The average molecular weight is 488 g/mol. The van der Waals surface area contributed by atoms with Crippen molar-refractivity contribution in [2.75, 3.05) is 5.32 Å². The molecule has 37 heavy (non-hydrogen) atoms. The lowest BCUT2D eigenvalue weighted by Crippen LogP contribution is -2.38. The first-order chi connectivity index (χ1) is 18.0. The van der Waals surface area contributed by atoms with Crippen LogP contribution in [0, 0.1) is 20.8 Å². The number of amides is 2. The van der Waals surface area contributed by atoms with Gasteiger partial charge in [0.25, 0.3) is 0 Å². The van der Waals surface area contributed by atoms with Crippen LogP contribution in [0.4, 0.5) is 10.5 Å². The number of nitrogens with one attached hydrogen (secondary N) is 1. The molecule has 6 heteroatoms. The quantitative estimate of drug-likeness (QED) is 0.307. The number of carbonyl (C=O) groups is 1. The van der Waals surface area contributed by atoms with E-state index in [1.54, 1.807) is 0 Å². The molecular weight excluding hydrogens is 458 g/mol. The number of fused-ring (bicyclic) bond motifs is 3. The molecular formula is C31H29N5O. The Hall–Kier alpha value is -4.58. The third-order valence-electron chi connectivity index (χ3n) is 6.94. The van der Waals surface area contributed by atoms with E-state index in [0.29, 0.717) is 6.54 Å². The Balaban J connectivity index is 1.53. The predicted octanol–water partition coefficient (Wildman–Crippen LogP) is 6.73. The molecule has 0 saturated carbocycles. The summed E-state index contributed by atoms with van der Waals surface area (Å²) in [7, 11) is 0. The van der Waals surface area contributed by atoms with E-state index in [-0.39, 0.29) is 12.1 Å². The summed E-state index contributed by atoms with van der Waals surface area (Å²) in [6.45, 7) is 6.53. The largest absolute Gasteiger partial charge is 0.322 e. The zero-order valence-corrected chi connectivity index (χ0v) is 21.2. The standard InChI is InChI=1S/C31H29N5O/c1-21-17-22(2)19-25(18-21)32-31(37)35-20-27-23(3)33-36(26-13-8-5-9-14-26)30(27)34-16-10-15-28(34)29(35)24-11-6-4-7-12-24/h4-19,29H,20H2,1-3H3,(H,32,37). The van der Waals surface area contributed by atoms with Crippen molar-refractivity contribution in [2.45, 2.75) is 33.4 Å². The second kappa shape index (κ2) is 9.13. The number of aromatic nitrogens is 3. The van der Waals surface area contributed by atoms with Crippen molar-refractivity contribution in [3.63, 3.8) is 0 Å². The highest BCUT2D eigenvalue weighted by molar-refractivity contribution is 5.90. The van der Waals surface area contributed by atoms with Gasteiger partial charge in [-0.15, -0.1) is 0 Å². The summed E-state index contributed by atoms with van der Waals surface area (Å²) in [5.74, 6) is 0.964. The van der Waals surface area contributed by atoms with Crippen LogP contribution in [0.3, 0.4) is 0 Å². The summed E-state index contributed by atoms with van der Waals surface area (Å²) >= 11 is 0. The predicted molar refractivity (Wildman–Crippen MR) is 146 cm³/mol. The van der Waals surface area contributed by atoms with E-state index in [1.165, 1.54) is 0 Å². The Morgan fingerprint density at radius 2 is 1.54 bits per heavy atom. The van der Waals surface area contributed by atoms with Gasteiger partial charge in [-0.3, -0.25) is 0 Å². The van der Waals surface area contributed by atoms with Crippen LogP contribution in [0.15, 0.2) is 97.2 Å². The van der Waals surface area contributed by atoms with Crippen LogP contribution in [-0.4, -0.2) is 25.3 Å². The van der Waals surface area contributed by atoms with E-state index in [9.17, 15) is 4.79 Å². The zero-order chi connectivity index (χ0) is 25.5. The summed E-state index contributed by atoms with van der Waals surface area (Å²) in [6, 6.07) is 30.2. The van der Waals surface area contributed by atoms with E-state index in [0.717, 1.165) is 50.8 Å². The van der Waals surface area contributed by atoms with Gasteiger partial charge in [0.05, 0.1) is 29.7 Å². The average Bonchev–Trinajstić information content (AvgIpc) is 3.45. The Bertz CT molecular complexity index is 1560. The van der Waals surface area contributed by atoms with Gasteiger partial charge in [-0.05, 0) is 73.9 Å². The van der Waals surface area contributed by atoms with Gasteiger partial charge in [-0.25, -0.2) is 9.48 Å².